The molecular weight excluding hydrogens is 383 g/mol. The molecule has 0 spiro atoms. The normalized spacial score (nSPS) is 12.1. The Hall–Kier alpha value is -3.74. The number of hydrogen-bond donors (Lipinski definition) is 3. The largest absolute Gasteiger partial charge is 0.354 e. The van der Waals surface area contributed by atoms with Gasteiger partial charge in [0.05, 0.1) is 11.7 Å². The van der Waals surface area contributed by atoms with Crippen LogP contribution < -0.4 is 10.6 Å². The zero-order valence-electron chi connectivity index (χ0n) is 16.4. The van der Waals surface area contributed by atoms with Gasteiger partial charge in [-0.15, -0.1) is 0 Å². The van der Waals surface area contributed by atoms with Gasteiger partial charge in [0, 0.05) is 22.8 Å². The molecule has 3 N–H and O–H groups in total. The van der Waals surface area contributed by atoms with Crippen LogP contribution in [-0.4, -0.2) is 34.4 Å². The summed E-state index contributed by atoms with van der Waals surface area (Å²) in [6.45, 7) is 2.01. The highest BCUT2D eigenvalue weighted by atomic mass is 19.1. The van der Waals surface area contributed by atoms with Crippen molar-refractivity contribution in [2.24, 2.45) is 0 Å². The van der Waals surface area contributed by atoms with Gasteiger partial charge in [0.1, 0.15) is 17.6 Å². The number of benzene rings is 2. The topological polar surface area (TPSA) is 86.9 Å². The molecule has 152 valence electrons. The molecule has 1 unspecified atom stereocenters. The minimum absolute atomic E-state index is 0.248. The standard InChI is InChI=1S/C23H21FN4O2/c1-14(22(29)25-11-10-15-6-8-16(24)9-7-15)27-23(30)20-12-18-17-4-2-3-5-19(17)28-21(18)13-26-20/h2-9,12-14,28H,10-11H2,1H3,(H,25,29)(H,27,30). The van der Waals surface area contributed by atoms with E-state index < -0.39 is 11.9 Å². The maximum absolute atomic E-state index is 12.9. The fourth-order valence-electron chi connectivity index (χ4n) is 3.34. The fraction of sp³-hybridized carbons (Fsp3) is 0.174. The monoisotopic (exact) mass is 404 g/mol. The van der Waals surface area contributed by atoms with Gasteiger partial charge in [0.25, 0.3) is 5.91 Å². The zero-order chi connectivity index (χ0) is 21.1. The summed E-state index contributed by atoms with van der Waals surface area (Å²) >= 11 is 0. The van der Waals surface area contributed by atoms with Crippen LogP contribution in [0.2, 0.25) is 0 Å². The summed E-state index contributed by atoms with van der Waals surface area (Å²) in [5, 5.41) is 7.38. The molecule has 6 nitrogen and oxygen atoms in total. The molecule has 0 aliphatic heterocycles. The predicted molar refractivity (Wildman–Crippen MR) is 114 cm³/mol. The molecule has 0 saturated carbocycles. The molecule has 4 rings (SSSR count). The second-order valence-corrected chi connectivity index (χ2v) is 7.15. The SMILES string of the molecule is CC(NC(=O)c1cc2c(cn1)[nH]c1ccccc12)C(=O)NCCc1ccc(F)cc1. The number of carbonyl (C=O) groups is 2. The first-order chi connectivity index (χ1) is 14.5. The number of amides is 2. The molecule has 2 amide bonds. The molecule has 0 fully saturated rings. The van der Waals surface area contributed by atoms with Crippen molar-refractivity contribution in [1.29, 1.82) is 0 Å². The lowest BCUT2D eigenvalue weighted by atomic mass is 10.1. The summed E-state index contributed by atoms with van der Waals surface area (Å²) < 4.78 is 12.9. The molecule has 1 atom stereocenters. The van der Waals surface area contributed by atoms with E-state index in [1.165, 1.54) is 12.1 Å². The minimum atomic E-state index is -0.716. The van der Waals surface area contributed by atoms with Crippen molar-refractivity contribution in [3.8, 4) is 0 Å². The molecule has 4 aromatic rings. The lowest BCUT2D eigenvalue weighted by molar-refractivity contribution is -0.122. The molecule has 0 bridgehead atoms. The van der Waals surface area contributed by atoms with Gasteiger partial charge in [-0.2, -0.15) is 0 Å². The Balaban J connectivity index is 1.37. The van der Waals surface area contributed by atoms with E-state index in [0.29, 0.717) is 13.0 Å². The smallest absolute Gasteiger partial charge is 0.270 e. The Morgan fingerprint density at radius 1 is 1.07 bits per heavy atom. The number of pyridine rings is 1. The van der Waals surface area contributed by atoms with Crippen molar-refractivity contribution in [1.82, 2.24) is 20.6 Å². The third kappa shape index (κ3) is 4.15. The summed E-state index contributed by atoms with van der Waals surface area (Å²) in [6, 6.07) is 15.0. The van der Waals surface area contributed by atoms with Crippen molar-refractivity contribution >= 4 is 33.6 Å². The van der Waals surface area contributed by atoms with E-state index in [1.807, 2.05) is 24.3 Å². The third-order valence-electron chi connectivity index (χ3n) is 4.99. The van der Waals surface area contributed by atoms with Gasteiger partial charge in [-0.1, -0.05) is 30.3 Å². The van der Waals surface area contributed by atoms with E-state index in [1.54, 1.807) is 31.3 Å². The highest BCUT2D eigenvalue weighted by molar-refractivity contribution is 6.09. The Morgan fingerprint density at radius 2 is 1.83 bits per heavy atom. The summed E-state index contributed by atoms with van der Waals surface area (Å²) in [5.41, 5.74) is 2.99. The highest BCUT2D eigenvalue weighted by Crippen LogP contribution is 2.24. The van der Waals surface area contributed by atoms with Crippen molar-refractivity contribution in [3.63, 3.8) is 0 Å². The van der Waals surface area contributed by atoms with Gasteiger partial charge >= 0.3 is 0 Å². The average molecular weight is 404 g/mol. The first kappa shape index (κ1) is 19.6. The van der Waals surface area contributed by atoms with Gasteiger partial charge in [0.15, 0.2) is 0 Å². The van der Waals surface area contributed by atoms with E-state index in [9.17, 15) is 14.0 Å². The second-order valence-electron chi connectivity index (χ2n) is 7.15. The first-order valence-electron chi connectivity index (χ1n) is 9.71. The van der Waals surface area contributed by atoms with Crippen LogP contribution in [0.5, 0.6) is 0 Å². The number of aromatic nitrogens is 2. The molecule has 0 radical (unpaired) electrons. The lowest BCUT2D eigenvalue weighted by Crippen LogP contribution is -2.45. The number of nitrogens with zero attached hydrogens (tertiary/aromatic N) is 1. The Bertz CT molecular complexity index is 1220. The van der Waals surface area contributed by atoms with Crippen LogP contribution in [0, 0.1) is 5.82 Å². The molecule has 0 aliphatic carbocycles. The number of para-hydroxylation sites is 1. The van der Waals surface area contributed by atoms with Crippen LogP contribution in [-0.2, 0) is 11.2 Å². The molecule has 2 aromatic carbocycles. The highest BCUT2D eigenvalue weighted by Gasteiger charge is 2.18. The molecule has 2 aromatic heterocycles. The average Bonchev–Trinajstić information content (AvgIpc) is 3.13. The number of H-pyrrole nitrogens is 1. The maximum Gasteiger partial charge on any atom is 0.270 e. The van der Waals surface area contributed by atoms with Crippen LogP contribution in [0.1, 0.15) is 23.0 Å². The number of hydrogen-bond acceptors (Lipinski definition) is 3. The zero-order valence-corrected chi connectivity index (χ0v) is 16.4. The molecular formula is C23H21FN4O2. The molecule has 2 heterocycles. The van der Waals surface area contributed by atoms with Crippen LogP contribution in [0.25, 0.3) is 21.8 Å². The summed E-state index contributed by atoms with van der Waals surface area (Å²) in [6.07, 6.45) is 2.20. The van der Waals surface area contributed by atoms with E-state index >= 15 is 0 Å². The third-order valence-corrected chi connectivity index (χ3v) is 4.99. The van der Waals surface area contributed by atoms with Crippen LogP contribution in [0.4, 0.5) is 4.39 Å². The summed E-state index contributed by atoms with van der Waals surface area (Å²) in [4.78, 5) is 32.4. The number of nitrogens with one attached hydrogen (secondary N) is 3. The molecule has 0 aliphatic rings. The second kappa shape index (κ2) is 8.32. The van der Waals surface area contributed by atoms with E-state index in [-0.39, 0.29) is 17.4 Å². The van der Waals surface area contributed by atoms with E-state index in [2.05, 4.69) is 20.6 Å². The first-order valence-corrected chi connectivity index (χ1v) is 9.71. The van der Waals surface area contributed by atoms with Crippen LogP contribution in [0.15, 0.2) is 60.8 Å². The van der Waals surface area contributed by atoms with Crippen LogP contribution >= 0.6 is 0 Å². The van der Waals surface area contributed by atoms with Crippen molar-refractivity contribution < 1.29 is 14.0 Å². The van der Waals surface area contributed by atoms with Crippen molar-refractivity contribution in [2.45, 2.75) is 19.4 Å². The van der Waals surface area contributed by atoms with Gasteiger partial charge in [0.2, 0.25) is 5.91 Å². The number of halogens is 1. The van der Waals surface area contributed by atoms with Gasteiger partial charge in [-0.25, -0.2) is 9.37 Å². The quantitative estimate of drug-likeness (QED) is 0.461. The Labute approximate surface area is 172 Å². The Morgan fingerprint density at radius 3 is 2.63 bits per heavy atom. The maximum atomic E-state index is 12.9. The molecule has 0 saturated heterocycles. The van der Waals surface area contributed by atoms with Crippen LogP contribution in [0.3, 0.4) is 0 Å². The lowest BCUT2D eigenvalue weighted by Gasteiger charge is -2.14. The molecule has 7 heteroatoms. The fourth-order valence-corrected chi connectivity index (χ4v) is 3.34. The number of rotatable bonds is 6. The number of carbonyl (C=O) groups excluding carboxylic acids is 2. The van der Waals surface area contributed by atoms with E-state index in [4.69, 9.17) is 0 Å². The summed E-state index contributed by atoms with van der Waals surface area (Å²) in [7, 11) is 0. The predicted octanol–water partition coefficient (Wildman–Crippen LogP) is 3.33. The van der Waals surface area contributed by atoms with Gasteiger partial charge in [-0.3, -0.25) is 9.59 Å². The van der Waals surface area contributed by atoms with Crippen molar-refractivity contribution in [3.05, 3.63) is 77.9 Å². The number of aromatic amines is 1. The van der Waals surface area contributed by atoms with Gasteiger partial charge in [-0.05, 0) is 43.2 Å². The van der Waals surface area contributed by atoms with E-state index in [0.717, 1.165) is 27.4 Å². The minimum Gasteiger partial charge on any atom is -0.354 e. The Kier molecular flexibility index (Phi) is 5.43. The number of fused-ring (bicyclic) bond motifs is 3. The molecule has 30 heavy (non-hydrogen) atoms. The van der Waals surface area contributed by atoms with Crippen molar-refractivity contribution in [2.75, 3.05) is 6.54 Å². The van der Waals surface area contributed by atoms with Gasteiger partial charge < -0.3 is 15.6 Å². The summed E-state index contributed by atoms with van der Waals surface area (Å²) in [5.74, 6) is -0.999.